The van der Waals surface area contributed by atoms with Crippen LogP contribution in [0.1, 0.15) is 47.5 Å². The van der Waals surface area contributed by atoms with Crippen LogP contribution in [0.5, 0.6) is 0 Å². The number of pyridine rings is 1. The van der Waals surface area contributed by atoms with E-state index in [9.17, 15) is 4.79 Å². The lowest BCUT2D eigenvalue weighted by atomic mass is 9.79. The van der Waals surface area contributed by atoms with Crippen LogP contribution >= 0.6 is 0 Å². The van der Waals surface area contributed by atoms with Crippen LogP contribution in [-0.2, 0) is 4.79 Å². The molecule has 128 valence electrons. The molecule has 1 atom stereocenters. The van der Waals surface area contributed by atoms with E-state index in [0.29, 0.717) is 11.9 Å². The summed E-state index contributed by atoms with van der Waals surface area (Å²) >= 11 is 0. The fourth-order valence-corrected chi connectivity index (χ4v) is 3.45. The zero-order valence-corrected chi connectivity index (χ0v) is 14.7. The Labute approximate surface area is 138 Å². The zero-order chi connectivity index (χ0) is 17.3. The highest BCUT2D eigenvalue weighted by atomic mass is 16.2. The maximum absolute atomic E-state index is 11.6. The average Bonchev–Trinajstić information content (AvgIpc) is 2.37. The number of hydrogen-bond acceptors (Lipinski definition) is 5. The van der Waals surface area contributed by atoms with E-state index in [0.717, 1.165) is 18.5 Å². The summed E-state index contributed by atoms with van der Waals surface area (Å²) in [5.41, 5.74) is 6.68. The smallest absolute Gasteiger partial charge is 0.242 e. The van der Waals surface area contributed by atoms with E-state index in [-0.39, 0.29) is 17.0 Å². The molecule has 2 heterocycles. The van der Waals surface area contributed by atoms with Gasteiger partial charge in [-0.05, 0) is 59.6 Å². The van der Waals surface area contributed by atoms with Crippen LogP contribution in [0.25, 0.3) is 0 Å². The molecule has 1 amide bonds. The largest absolute Gasteiger partial charge is 0.381 e. The molecule has 0 saturated carbocycles. The first kappa shape index (κ1) is 17.7. The second-order valence-electron chi connectivity index (χ2n) is 7.85. The van der Waals surface area contributed by atoms with E-state index in [4.69, 9.17) is 5.73 Å². The molecule has 1 aliphatic heterocycles. The first-order valence-electron chi connectivity index (χ1n) is 8.15. The fraction of sp³-hybridized carbons (Fsp3) is 0.647. The number of anilines is 2. The third-order valence-electron chi connectivity index (χ3n) is 3.99. The van der Waals surface area contributed by atoms with Crippen molar-refractivity contribution in [1.29, 1.82) is 0 Å². The monoisotopic (exact) mass is 319 g/mol. The zero-order valence-electron chi connectivity index (χ0n) is 14.7. The highest BCUT2D eigenvalue weighted by Gasteiger charge is 2.37. The Morgan fingerprint density at radius 3 is 2.39 bits per heavy atom. The van der Waals surface area contributed by atoms with Crippen molar-refractivity contribution in [2.24, 2.45) is 5.73 Å². The molecule has 0 aromatic carbocycles. The minimum atomic E-state index is -0.547. The highest BCUT2D eigenvalue weighted by Crippen LogP contribution is 2.30. The molecule has 6 nitrogen and oxygen atoms in total. The van der Waals surface area contributed by atoms with Crippen LogP contribution in [0.2, 0.25) is 0 Å². The highest BCUT2D eigenvalue weighted by molar-refractivity contribution is 5.93. The number of aromatic nitrogens is 1. The van der Waals surface area contributed by atoms with E-state index in [1.165, 1.54) is 0 Å². The van der Waals surface area contributed by atoms with Crippen molar-refractivity contribution in [1.82, 2.24) is 10.3 Å². The lowest BCUT2D eigenvalue weighted by molar-refractivity contribution is -0.117. The predicted octanol–water partition coefficient (Wildman–Crippen LogP) is 2.09. The maximum atomic E-state index is 11.6. The normalized spacial score (nSPS) is 21.5. The summed E-state index contributed by atoms with van der Waals surface area (Å²) in [4.78, 5) is 15.8. The van der Waals surface area contributed by atoms with Gasteiger partial charge in [-0.1, -0.05) is 0 Å². The first-order valence-corrected chi connectivity index (χ1v) is 8.15. The van der Waals surface area contributed by atoms with Gasteiger partial charge in [-0.25, -0.2) is 4.98 Å². The molecule has 1 aliphatic rings. The average molecular weight is 319 g/mol. The number of carbonyl (C=O) groups excluding carboxylic acids is 1. The summed E-state index contributed by atoms with van der Waals surface area (Å²) in [6.07, 6.45) is 3.83. The van der Waals surface area contributed by atoms with Gasteiger partial charge in [0.25, 0.3) is 0 Å². The second-order valence-corrected chi connectivity index (χ2v) is 7.85. The first-order chi connectivity index (χ1) is 10.6. The van der Waals surface area contributed by atoms with Crippen molar-refractivity contribution in [3.05, 3.63) is 18.3 Å². The van der Waals surface area contributed by atoms with Crippen LogP contribution < -0.4 is 21.7 Å². The summed E-state index contributed by atoms with van der Waals surface area (Å²) in [6.45, 7) is 10.6. The molecule has 23 heavy (non-hydrogen) atoms. The molecule has 1 fully saturated rings. The minimum absolute atomic E-state index is 0.0953. The number of rotatable bonds is 4. The maximum Gasteiger partial charge on any atom is 0.242 e. The van der Waals surface area contributed by atoms with Crippen molar-refractivity contribution in [2.45, 2.75) is 70.6 Å². The third kappa shape index (κ3) is 5.18. The van der Waals surface area contributed by atoms with Crippen molar-refractivity contribution >= 4 is 17.4 Å². The molecule has 1 aromatic rings. The fourth-order valence-electron chi connectivity index (χ4n) is 3.45. The number of carbonyl (C=O) groups is 1. The number of nitrogens with two attached hydrogens (primary N) is 1. The summed E-state index contributed by atoms with van der Waals surface area (Å²) in [5.74, 6) is 0.281. The van der Waals surface area contributed by atoms with Crippen molar-refractivity contribution in [2.75, 3.05) is 10.6 Å². The van der Waals surface area contributed by atoms with Gasteiger partial charge < -0.3 is 21.7 Å². The molecule has 1 unspecified atom stereocenters. The number of hydrogen-bond donors (Lipinski definition) is 4. The van der Waals surface area contributed by atoms with Gasteiger partial charge in [0.2, 0.25) is 5.91 Å². The number of amides is 1. The van der Waals surface area contributed by atoms with Crippen LogP contribution in [0.3, 0.4) is 0 Å². The van der Waals surface area contributed by atoms with Crippen molar-refractivity contribution in [3.63, 3.8) is 0 Å². The van der Waals surface area contributed by atoms with Gasteiger partial charge in [-0.3, -0.25) is 4.79 Å². The van der Waals surface area contributed by atoms with Gasteiger partial charge in [-0.15, -0.1) is 0 Å². The molecule has 1 aromatic heterocycles. The Morgan fingerprint density at radius 1 is 1.30 bits per heavy atom. The molecular formula is C17H29N5O. The van der Waals surface area contributed by atoms with Crippen LogP contribution in [0.15, 0.2) is 18.3 Å². The van der Waals surface area contributed by atoms with Gasteiger partial charge in [0, 0.05) is 17.1 Å². The molecule has 0 bridgehead atoms. The molecule has 0 aliphatic carbocycles. The van der Waals surface area contributed by atoms with E-state index in [1.54, 1.807) is 19.2 Å². The summed E-state index contributed by atoms with van der Waals surface area (Å²) < 4.78 is 0. The minimum Gasteiger partial charge on any atom is -0.381 e. The lowest BCUT2D eigenvalue weighted by Crippen LogP contribution is -2.60. The van der Waals surface area contributed by atoms with Gasteiger partial charge in [0.1, 0.15) is 5.82 Å². The summed E-state index contributed by atoms with van der Waals surface area (Å²) in [6, 6.07) is 3.56. The molecule has 2 rings (SSSR count). The SMILES string of the molecule is CC(N)C(=O)Nc1ccc(NC2CC(C)(C)NC(C)(C)C2)cn1. The third-order valence-corrected chi connectivity index (χ3v) is 3.99. The summed E-state index contributed by atoms with van der Waals surface area (Å²) in [7, 11) is 0. The topological polar surface area (TPSA) is 92.1 Å². The van der Waals surface area contributed by atoms with Crippen molar-refractivity contribution in [3.8, 4) is 0 Å². The van der Waals surface area contributed by atoms with Gasteiger partial charge >= 0.3 is 0 Å². The van der Waals surface area contributed by atoms with E-state index >= 15 is 0 Å². The Bertz CT molecular complexity index is 535. The van der Waals surface area contributed by atoms with E-state index < -0.39 is 6.04 Å². The van der Waals surface area contributed by atoms with Gasteiger partial charge in [0.05, 0.1) is 17.9 Å². The molecule has 0 radical (unpaired) electrons. The second kappa shape index (κ2) is 6.45. The quantitative estimate of drug-likeness (QED) is 0.682. The number of nitrogens with zero attached hydrogens (tertiary/aromatic N) is 1. The van der Waals surface area contributed by atoms with Gasteiger partial charge in [0.15, 0.2) is 0 Å². The van der Waals surface area contributed by atoms with E-state index in [2.05, 4.69) is 48.6 Å². The molecule has 6 heteroatoms. The van der Waals surface area contributed by atoms with Crippen molar-refractivity contribution < 1.29 is 4.79 Å². The number of nitrogens with one attached hydrogen (secondary N) is 3. The lowest BCUT2D eigenvalue weighted by Gasteiger charge is -2.46. The molecule has 1 saturated heterocycles. The predicted molar refractivity (Wildman–Crippen MR) is 94.5 cm³/mol. The van der Waals surface area contributed by atoms with Crippen LogP contribution in [0, 0.1) is 0 Å². The van der Waals surface area contributed by atoms with Gasteiger partial charge in [-0.2, -0.15) is 0 Å². The van der Waals surface area contributed by atoms with Crippen LogP contribution in [-0.4, -0.2) is 34.1 Å². The Hall–Kier alpha value is -1.66. The van der Waals surface area contributed by atoms with Crippen LogP contribution in [0.4, 0.5) is 11.5 Å². The molecule has 0 spiro atoms. The molecule has 5 N–H and O–H groups in total. The summed E-state index contributed by atoms with van der Waals surface area (Å²) in [5, 5.41) is 9.92. The Kier molecular flexibility index (Phi) is 4.96. The Morgan fingerprint density at radius 2 is 1.91 bits per heavy atom. The molecular weight excluding hydrogens is 290 g/mol. The number of piperidine rings is 1. The standard InChI is InChI=1S/C17H29N5O/c1-11(18)15(23)21-14-7-6-12(10-19-14)20-13-8-16(2,3)22-17(4,5)9-13/h6-7,10-11,13,20,22H,8-9,18H2,1-5H3,(H,19,21,23). The Balaban J connectivity index is 1.99. The van der Waals surface area contributed by atoms with E-state index in [1.807, 2.05) is 6.07 Å².